The van der Waals surface area contributed by atoms with Gasteiger partial charge in [-0.3, -0.25) is 0 Å². The molecule has 0 aliphatic rings. The van der Waals surface area contributed by atoms with Crippen LogP contribution in [0.15, 0.2) is 128 Å². The van der Waals surface area contributed by atoms with Crippen molar-refractivity contribution in [2.45, 2.75) is 0 Å². The van der Waals surface area contributed by atoms with Crippen LogP contribution in [0, 0.1) is 45.3 Å². The number of fused-ring (bicyclic) bond motifs is 3. The topological polar surface area (TPSA) is 152 Å². The van der Waals surface area contributed by atoms with Crippen LogP contribution < -0.4 is 0 Å². The zero-order valence-electron chi connectivity index (χ0n) is 26.6. The molecule has 9 heteroatoms. The summed E-state index contributed by atoms with van der Waals surface area (Å²) >= 11 is 0. The number of nitriles is 4. The largest absolute Gasteiger partial charge is 0.308 e. The third-order valence-electron chi connectivity index (χ3n) is 8.78. The highest BCUT2D eigenvalue weighted by atomic mass is 15.0. The molecule has 3 heterocycles. The number of aromatic nitrogens is 5. The van der Waals surface area contributed by atoms with E-state index in [0.29, 0.717) is 45.0 Å². The van der Waals surface area contributed by atoms with Crippen molar-refractivity contribution in [3.63, 3.8) is 0 Å². The molecule has 234 valence electrons. The normalized spacial score (nSPS) is 10.7. The lowest BCUT2D eigenvalue weighted by Crippen LogP contribution is -2.01. The lowest BCUT2D eigenvalue weighted by molar-refractivity contribution is 1.12. The monoisotopic (exact) mass is 651 g/mol. The first-order valence-electron chi connectivity index (χ1n) is 15.8. The van der Waals surface area contributed by atoms with Gasteiger partial charge in [0.05, 0.1) is 51.1 Å². The minimum atomic E-state index is 0.333. The van der Waals surface area contributed by atoms with Crippen LogP contribution in [-0.4, -0.2) is 24.5 Å². The second-order valence-electron chi connectivity index (χ2n) is 11.7. The van der Waals surface area contributed by atoms with E-state index in [0.717, 1.165) is 49.7 Å². The molecule has 0 fully saturated rings. The number of rotatable bonds is 5. The standard InChI is InChI=1S/C42H21N9/c43-18-26-22-47-41(48-23-26)30-11-14-40(37(17-30)42-49-24-27(19-44)25-50-42)51-38-12-9-28(33-7-3-1-5-31(33)20-45)15-35(38)36-16-29(10-13-39(36)51)34-8-4-2-6-32(34)21-46/h1-17,22-25H. The van der Waals surface area contributed by atoms with Gasteiger partial charge in [0, 0.05) is 46.7 Å². The van der Waals surface area contributed by atoms with Crippen LogP contribution in [0.3, 0.4) is 0 Å². The van der Waals surface area contributed by atoms with Gasteiger partial charge in [-0.25, -0.2) is 19.9 Å². The predicted octanol–water partition coefficient (Wildman–Crippen LogP) is 8.52. The maximum Gasteiger partial charge on any atom is 0.161 e. The molecule has 0 bridgehead atoms. The van der Waals surface area contributed by atoms with E-state index in [4.69, 9.17) is 0 Å². The number of hydrogen-bond acceptors (Lipinski definition) is 8. The Hall–Kier alpha value is -7.98. The Balaban J connectivity index is 1.43. The van der Waals surface area contributed by atoms with Gasteiger partial charge in [0.25, 0.3) is 0 Å². The van der Waals surface area contributed by atoms with Gasteiger partial charge in [-0.2, -0.15) is 21.0 Å². The molecule has 51 heavy (non-hydrogen) atoms. The minimum absolute atomic E-state index is 0.333. The maximum absolute atomic E-state index is 9.90. The summed E-state index contributed by atoms with van der Waals surface area (Å²) in [6, 6.07) is 41.9. The summed E-state index contributed by atoms with van der Waals surface area (Å²) in [5.41, 5.74) is 9.19. The summed E-state index contributed by atoms with van der Waals surface area (Å²) in [5.74, 6) is 0.827. The fourth-order valence-corrected chi connectivity index (χ4v) is 6.39. The Labute approximate surface area is 291 Å². The molecule has 8 aromatic rings. The Kier molecular flexibility index (Phi) is 7.48. The minimum Gasteiger partial charge on any atom is -0.308 e. The highest BCUT2D eigenvalue weighted by molar-refractivity contribution is 6.12. The van der Waals surface area contributed by atoms with Crippen LogP contribution >= 0.6 is 0 Å². The molecule has 0 saturated carbocycles. The molecule has 8 rings (SSSR count). The van der Waals surface area contributed by atoms with E-state index in [1.165, 1.54) is 24.8 Å². The van der Waals surface area contributed by atoms with E-state index in [9.17, 15) is 21.0 Å². The van der Waals surface area contributed by atoms with Crippen LogP contribution in [0.1, 0.15) is 22.3 Å². The smallest absolute Gasteiger partial charge is 0.161 e. The fourth-order valence-electron chi connectivity index (χ4n) is 6.39. The SMILES string of the molecule is N#Cc1cnc(-c2ccc(-n3c4ccc(-c5ccccc5C#N)cc4c4cc(-c5ccccc5C#N)ccc43)c(-c3ncc(C#N)cn3)c2)nc1. The second kappa shape index (κ2) is 12.6. The molecule has 0 amide bonds. The van der Waals surface area contributed by atoms with Gasteiger partial charge in [-0.15, -0.1) is 0 Å². The number of benzene rings is 5. The van der Waals surface area contributed by atoms with Crippen molar-refractivity contribution >= 4 is 21.8 Å². The quantitative estimate of drug-likeness (QED) is 0.180. The van der Waals surface area contributed by atoms with E-state index in [-0.39, 0.29) is 0 Å². The average Bonchev–Trinajstić information content (AvgIpc) is 3.53. The highest BCUT2D eigenvalue weighted by Crippen LogP contribution is 2.40. The van der Waals surface area contributed by atoms with Gasteiger partial charge in [-0.05, 0) is 76.9 Å². The van der Waals surface area contributed by atoms with Gasteiger partial charge in [-0.1, -0.05) is 48.5 Å². The summed E-state index contributed by atoms with van der Waals surface area (Å²) in [6.07, 6.45) is 5.93. The number of hydrogen-bond donors (Lipinski definition) is 0. The van der Waals surface area contributed by atoms with Crippen molar-refractivity contribution in [3.05, 3.63) is 150 Å². The van der Waals surface area contributed by atoms with Crippen molar-refractivity contribution in [2.24, 2.45) is 0 Å². The molecule has 9 nitrogen and oxygen atoms in total. The van der Waals surface area contributed by atoms with Crippen molar-refractivity contribution in [1.29, 1.82) is 21.0 Å². The molecule has 0 unspecified atom stereocenters. The molecule has 0 N–H and O–H groups in total. The lowest BCUT2D eigenvalue weighted by Gasteiger charge is -2.15. The van der Waals surface area contributed by atoms with Gasteiger partial charge in [0.15, 0.2) is 11.6 Å². The molecular weight excluding hydrogens is 631 g/mol. The molecule has 0 aliphatic heterocycles. The first-order chi connectivity index (χ1) is 25.1. The summed E-state index contributed by atoms with van der Waals surface area (Å²) in [6.45, 7) is 0. The summed E-state index contributed by atoms with van der Waals surface area (Å²) < 4.78 is 2.14. The van der Waals surface area contributed by atoms with Crippen molar-refractivity contribution in [1.82, 2.24) is 24.5 Å². The van der Waals surface area contributed by atoms with Crippen LogP contribution in [0.25, 0.3) is 72.5 Å². The van der Waals surface area contributed by atoms with Gasteiger partial charge >= 0.3 is 0 Å². The molecule has 0 spiro atoms. The van der Waals surface area contributed by atoms with Crippen LogP contribution in [0.2, 0.25) is 0 Å². The third-order valence-corrected chi connectivity index (χ3v) is 8.78. The lowest BCUT2D eigenvalue weighted by atomic mass is 9.96. The van der Waals surface area contributed by atoms with Gasteiger partial charge in [0.2, 0.25) is 0 Å². The molecule has 0 radical (unpaired) electrons. The average molecular weight is 652 g/mol. The van der Waals surface area contributed by atoms with Crippen molar-refractivity contribution < 1.29 is 0 Å². The van der Waals surface area contributed by atoms with E-state index in [1.54, 1.807) is 0 Å². The first-order valence-corrected chi connectivity index (χ1v) is 15.8. The number of nitrogens with zero attached hydrogens (tertiary/aromatic N) is 9. The Morgan fingerprint density at radius 1 is 0.431 bits per heavy atom. The third kappa shape index (κ3) is 5.27. The maximum atomic E-state index is 9.90. The van der Waals surface area contributed by atoms with Crippen molar-refractivity contribution in [3.8, 4) is 75.0 Å². The molecule has 5 aromatic carbocycles. The molecule has 0 saturated heterocycles. The predicted molar refractivity (Wildman–Crippen MR) is 193 cm³/mol. The van der Waals surface area contributed by atoms with Crippen LogP contribution in [-0.2, 0) is 0 Å². The van der Waals surface area contributed by atoms with Crippen LogP contribution in [0.5, 0.6) is 0 Å². The molecule has 0 atom stereocenters. The highest BCUT2D eigenvalue weighted by Gasteiger charge is 2.20. The van der Waals surface area contributed by atoms with Crippen LogP contribution in [0.4, 0.5) is 0 Å². The second-order valence-corrected chi connectivity index (χ2v) is 11.7. The Morgan fingerprint density at radius 2 is 0.902 bits per heavy atom. The Morgan fingerprint density at radius 3 is 1.39 bits per heavy atom. The van der Waals surface area contributed by atoms with E-state index >= 15 is 0 Å². The molecular formula is C42H21N9. The zero-order valence-corrected chi connectivity index (χ0v) is 26.6. The molecule has 0 aliphatic carbocycles. The van der Waals surface area contributed by atoms with Gasteiger partial charge < -0.3 is 4.57 Å². The van der Waals surface area contributed by atoms with E-state index in [1.807, 2.05) is 91.0 Å². The van der Waals surface area contributed by atoms with Gasteiger partial charge in [0.1, 0.15) is 12.1 Å². The first kappa shape index (κ1) is 30.4. The van der Waals surface area contributed by atoms with Crippen molar-refractivity contribution in [2.75, 3.05) is 0 Å². The summed E-state index contributed by atoms with van der Waals surface area (Å²) in [4.78, 5) is 18.0. The Bertz CT molecular complexity index is 2730. The van der Waals surface area contributed by atoms with E-state index < -0.39 is 0 Å². The summed E-state index contributed by atoms with van der Waals surface area (Å²) in [7, 11) is 0. The zero-order chi connectivity index (χ0) is 34.9. The fraction of sp³-hybridized carbons (Fsp3) is 0. The van der Waals surface area contributed by atoms with E-state index in [2.05, 4.69) is 60.9 Å². The summed E-state index contributed by atoms with van der Waals surface area (Å²) in [5, 5.41) is 40.4. The molecule has 3 aromatic heterocycles.